The van der Waals surface area contributed by atoms with Crippen LogP contribution >= 0.6 is 0 Å². The highest BCUT2D eigenvalue weighted by Gasteiger charge is 2.26. The van der Waals surface area contributed by atoms with Crippen LogP contribution in [0.3, 0.4) is 0 Å². The van der Waals surface area contributed by atoms with Gasteiger partial charge in [-0.1, -0.05) is 0 Å². The van der Waals surface area contributed by atoms with Crippen molar-refractivity contribution in [2.75, 3.05) is 57.1 Å². The Morgan fingerprint density at radius 3 is 2.57 bits per heavy atom. The molecule has 146 valence electrons. The molecule has 0 amide bonds. The number of hydrogen-bond acceptors (Lipinski definition) is 9. The van der Waals surface area contributed by atoms with Gasteiger partial charge in [0.15, 0.2) is 5.65 Å². The monoisotopic (exact) mass is 381 g/mol. The predicted molar refractivity (Wildman–Crippen MR) is 105 cm³/mol. The molecule has 0 spiro atoms. The van der Waals surface area contributed by atoms with Gasteiger partial charge < -0.3 is 20.3 Å². The van der Waals surface area contributed by atoms with Gasteiger partial charge in [0.05, 0.1) is 36.5 Å². The van der Waals surface area contributed by atoms with Crippen LogP contribution in [0.2, 0.25) is 0 Å². The molecule has 3 aromatic rings. The Hall–Kier alpha value is -2.85. The van der Waals surface area contributed by atoms with E-state index in [1.165, 1.54) is 0 Å². The number of fused-ring (bicyclic) bond motifs is 1. The fraction of sp³-hybridized carbons (Fsp3) is 0.500. The van der Waals surface area contributed by atoms with Gasteiger partial charge in [-0.3, -0.25) is 0 Å². The lowest BCUT2D eigenvalue weighted by atomic mass is 10.2. The number of likely N-dealkylation sites (tertiary alicyclic amines) is 1. The van der Waals surface area contributed by atoms with E-state index < -0.39 is 0 Å². The first-order chi connectivity index (χ1) is 13.7. The normalized spacial score (nSPS) is 20.9. The number of likely N-dealkylation sites (N-methyl/N-ethyl adjacent to an activating group) is 1. The fourth-order valence-corrected chi connectivity index (χ4v) is 3.88. The van der Waals surface area contributed by atoms with E-state index in [1.807, 2.05) is 10.9 Å². The van der Waals surface area contributed by atoms with Crippen LogP contribution in [0.25, 0.3) is 22.3 Å². The maximum atomic E-state index is 5.67. The second-order valence-electron chi connectivity index (χ2n) is 7.33. The highest BCUT2D eigenvalue weighted by Crippen LogP contribution is 2.31. The van der Waals surface area contributed by atoms with E-state index >= 15 is 0 Å². The minimum atomic E-state index is 0.243. The van der Waals surface area contributed by atoms with Crippen LogP contribution in [0, 0.1) is 0 Å². The average molecular weight is 381 g/mol. The smallest absolute Gasteiger partial charge is 0.228 e. The van der Waals surface area contributed by atoms with E-state index in [2.05, 4.69) is 31.9 Å². The Labute approximate surface area is 162 Å². The Morgan fingerprint density at radius 1 is 1.07 bits per heavy atom. The molecular formula is C18H23N9O. The van der Waals surface area contributed by atoms with Gasteiger partial charge in [0.1, 0.15) is 0 Å². The molecule has 1 atom stereocenters. The van der Waals surface area contributed by atoms with Gasteiger partial charge in [-0.2, -0.15) is 10.1 Å². The average Bonchev–Trinajstić information content (AvgIpc) is 3.34. The molecule has 1 unspecified atom stereocenters. The van der Waals surface area contributed by atoms with Crippen LogP contribution in [0.1, 0.15) is 12.5 Å². The topological polar surface area (TPSA) is 111 Å². The SMILES string of the molecule is CN1CCC(n2ncc3c(-c4cnc(N)nc4)nc(N4CCOCC4)nc32)C1. The summed E-state index contributed by atoms with van der Waals surface area (Å²) in [6, 6.07) is 0.311. The number of nitrogens with zero attached hydrogens (tertiary/aromatic N) is 8. The molecule has 0 aliphatic carbocycles. The van der Waals surface area contributed by atoms with Crippen LogP contribution in [-0.2, 0) is 4.74 Å². The van der Waals surface area contributed by atoms with Gasteiger partial charge in [-0.15, -0.1) is 0 Å². The highest BCUT2D eigenvalue weighted by molar-refractivity contribution is 5.91. The summed E-state index contributed by atoms with van der Waals surface area (Å²) in [5, 5.41) is 5.58. The molecule has 2 fully saturated rings. The Bertz CT molecular complexity index is 981. The minimum absolute atomic E-state index is 0.243. The van der Waals surface area contributed by atoms with Crippen LogP contribution in [0.15, 0.2) is 18.6 Å². The van der Waals surface area contributed by atoms with Crippen molar-refractivity contribution in [3.05, 3.63) is 18.6 Å². The number of aromatic nitrogens is 6. The molecule has 0 radical (unpaired) electrons. The first-order valence-corrected chi connectivity index (χ1v) is 9.53. The third kappa shape index (κ3) is 3.04. The van der Waals surface area contributed by atoms with Crippen molar-refractivity contribution in [1.82, 2.24) is 34.6 Å². The Kier molecular flexibility index (Phi) is 4.29. The molecule has 0 bridgehead atoms. The zero-order valence-electron chi connectivity index (χ0n) is 15.8. The van der Waals surface area contributed by atoms with Crippen molar-refractivity contribution in [2.45, 2.75) is 12.5 Å². The van der Waals surface area contributed by atoms with Crippen LogP contribution in [0.4, 0.5) is 11.9 Å². The lowest BCUT2D eigenvalue weighted by molar-refractivity contribution is 0.122. The summed E-state index contributed by atoms with van der Waals surface area (Å²) in [5.41, 5.74) is 8.10. The number of rotatable bonds is 3. The summed E-state index contributed by atoms with van der Waals surface area (Å²) < 4.78 is 7.53. The molecule has 0 aromatic carbocycles. The van der Waals surface area contributed by atoms with Crippen molar-refractivity contribution in [3.8, 4) is 11.3 Å². The number of nitrogens with two attached hydrogens (primary N) is 1. The van der Waals surface area contributed by atoms with Crippen molar-refractivity contribution >= 4 is 22.9 Å². The number of nitrogen functional groups attached to an aromatic ring is 1. The molecule has 3 aromatic heterocycles. The zero-order chi connectivity index (χ0) is 19.1. The molecule has 28 heavy (non-hydrogen) atoms. The highest BCUT2D eigenvalue weighted by atomic mass is 16.5. The zero-order valence-corrected chi connectivity index (χ0v) is 15.8. The maximum absolute atomic E-state index is 5.67. The van der Waals surface area contributed by atoms with Crippen LogP contribution in [0.5, 0.6) is 0 Å². The Balaban J connectivity index is 1.66. The van der Waals surface area contributed by atoms with Gasteiger partial charge in [-0.05, 0) is 13.5 Å². The number of ether oxygens (including phenoxy) is 1. The lowest BCUT2D eigenvalue weighted by Crippen LogP contribution is -2.37. The molecular weight excluding hydrogens is 358 g/mol. The van der Waals surface area contributed by atoms with E-state index in [0.29, 0.717) is 25.2 Å². The Morgan fingerprint density at radius 2 is 1.86 bits per heavy atom. The fourth-order valence-electron chi connectivity index (χ4n) is 3.88. The van der Waals surface area contributed by atoms with Crippen molar-refractivity contribution in [2.24, 2.45) is 0 Å². The molecule has 2 aliphatic heterocycles. The predicted octanol–water partition coefficient (Wildman–Crippen LogP) is 0.579. The van der Waals surface area contributed by atoms with Gasteiger partial charge >= 0.3 is 0 Å². The molecule has 5 rings (SSSR count). The lowest BCUT2D eigenvalue weighted by Gasteiger charge is -2.27. The largest absolute Gasteiger partial charge is 0.378 e. The van der Waals surface area contributed by atoms with E-state index in [-0.39, 0.29) is 5.95 Å². The van der Waals surface area contributed by atoms with Crippen molar-refractivity contribution in [1.29, 1.82) is 0 Å². The second-order valence-corrected chi connectivity index (χ2v) is 7.33. The molecule has 2 aliphatic rings. The summed E-state index contributed by atoms with van der Waals surface area (Å²) in [4.78, 5) is 22.5. The quantitative estimate of drug-likeness (QED) is 0.696. The first-order valence-electron chi connectivity index (χ1n) is 9.53. The maximum Gasteiger partial charge on any atom is 0.228 e. The molecule has 0 saturated carbocycles. The van der Waals surface area contributed by atoms with Crippen molar-refractivity contribution < 1.29 is 4.74 Å². The van der Waals surface area contributed by atoms with Gasteiger partial charge in [-0.25, -0.2) is 19.6 Å². The molecule has 2 N–H and O–H groups in total. The molecule has 2 saturated heterocycles. The van der Waals surface area contributed by atoms with E-state index in [9.17, 15) is 0 Å². The van der Waals surface area contributed by atoms with E-state index in [1.54, 1.807) is 12.4 Å². The molecule has 10 nitrogen and oxygen atoms in total. The summed E-state index contributed by atoms with van der Waals surface area (Å²) in [5.74, 6) is 0.933. The summed E-state index contributed by atoms with van der Waals surface area (Å²) >= 11 is 0. The van der Waals surface area contributed by atoms with Gasteiger partial charge in [0.2, 0.25) is 11.9 Å². The van der Waals surface area contributed by atoms with Gasteiger partial charge in [0.25, 0.3) is 0 Å². The molecule has 5 heterocycles. The van der Waals surface area contributed by atoms with E-state index in [4.69, 9.17) is 20.4 Å². The van der Waals surface area contributed by atoms with Crippen molar-refractivity contribution in [3.63, 3.8) is 0 Å². The summed E-state index contributed by atoms with van der Waals surface area (Å²) in [7, 11) is 2.14. The summed E-state index contributed by atoms with van der Waals surface area (Å²) in [6.45, 7) is 4.91. The third-order valence-corrected chi connectivity index (χ3v) is 5.39. The standard InChI is InChI=1S/C18H23N9O/c1-25-3-2-13(11-25)27-16-14(10-22-27)15(12-8-20-17(19)21-9-12)23-18(24-16)26-4-6-28-7-5-26/h8-10,13H,2-7,11H2,1H3,(H2,19,20,21). The van der Waals surface area contributed by atoms with Crippen LogP contribution in [-0.4, -0.2) is 81.1 Å². The first kappa shape index (κ1) is 17.3. The number of hydrogen-bond donors (Lipinski definition) is 1. The minimum Gasteiger partial charge on any atom is -0.378 e. The third-order valence-electron chi connectivity index (χ3n) is 5.39. The van der Waals surface area contributed by atoms with Gasteiger partial charge in [0, 0.05) is 44.1 Å². The number of anilines is 2. The summed E-state index contributed by atoms with van der Waals surface area (Å²) in [6.07, 6.45) is 6.31. The second kappa shape index (κ2) is 6.95. The molecule has 10 heteroatoms. The number of morpholine rings is 1. The van der Waals surface area contributed by atoms with Crippen LogP contribution < -0.4 is 10.6 Å². The van der Waals surface area contributed by atoms with E-state index in [0.717, 1.165) is 54.9 Å².